The van der Waals surface area contributed by atoms with Gasteiger partial charge in [0.2, 0.25) is 11.8 Å². The highest BCUT2D eigenvalue weighted by atomic mass is 16.5. The van der Waals surface area contributed by atoms with E-state index in [1.165, 1.54) is 0 Å². The third kappa shape index (κ3) is 5.51. The number of likely N-dealkylation sites (tertiary alicyclic amines) is 1. The lowest BCUT2D eigenvalue weighted by Crippen LogP contribution is -2.63. The minimum atomic E-state index is -0.918. The van der Waals surface area contributed by atoms with E-state index in [2.05, 4.69) is 20.5 Å². The van der Waals surface area contributed by atoms with Crippen LogP contribution in [0.3, 0.4) is 0 Å². The van der Waals surface area contributed by atoms with Crippen LogP contribution in [0.4, 0.5) is 0 Å². The molecule has 1 aromatic heterocycles. The van der Waals surface area contributed by atoms with Crippen molar-refractivity contribution in [3.63, 3.8) is 0 Å². The summed E-state index contributed by atoms with van der Waals surface area (Å²) in [6.45, 7) is 3.47. The average molecular weight is 453 g/mol. The van der Waals surface area contributed by atoms with E-state index in [-0.39, 0.29) is 24.4 Å². The predicted octanol–water partition coefficient (Wildman–Crippen LogP) is 1.76. The van der Waals surface area contributed by atoms with Gasteiger partial charge in [-0.05, 0) is 50.8 Å². The van der Waals surface area contributed by atoms with Gasteiger partial charge in [-0.25, -0.2) is 4.98 Å². The van der Waals surface area contributed by atoms with E-state index in [1.807, 2.05) is 31.2 Å². The SMILES string of the molecule is COc1cccc(C2(O)CCC(N3CC(NC(=O)CNC(=O)c4cccc(C)c4)C3)CC2)n1. The number of ether oxygens (including phenoxy) is 1. The van der Waals surface area contributed by atoms with Gasteiger partial charge >= 0.3 is 0 Å². The molecule has 33 heavy (non-hydrogen) atoms. The van der Waals surface area contributed by atoms with Crippen molar-refractivity contribution in [1.29, 1.82) is 0 Å². The predicted molar refractivity (Wildman–Crippen MR) is 124 cm³/mol. The molecule has 2 aliphatic rings. The topological polar surface area (TPSA) is 104 Å². The molecule has 2 fully saturated rings. The molecule has 0 unspecified atom stereocenters. The van der Waals surface area contributed by atoms with Gasteiger partial charge in [0.05, 0.1) is 25.4 Å². The number of aryl methyl sites for hydroxylation is 1. The van der Waals surface area contributed by atoms with Gasteiger partial charge in [-0.15, -0.1) is 0 Å². The number of aromatic nitrogens is 1. The Bertz CT molecular complexity index is 997. The standard InChI is InChI=1S/C25H32N4O4/c1-17-5-3-6-18(13-17)24(31)26-14-22(30)27-19-15-29(16-19)20-9-11-25(32,12-10-20)21-7-4-8-23(28-21)33-2/h3-8,13,19-20,32H,9-12,14-16H2,1-2H3,(H,26,31)(H,27,30). The van der Waals surface area contributed by atoms with Crippen LogP contribution < -0.4 is 15.4 Å². The fourth-order valence-corrected chi connectivity index (χ4v) is 4.72. The maximum atomic E-state index is 12.2. The summed E-state index contributed by atoms with van der Waals surface area (Å²) in [5, 5.41) is 16.8. The van der Waals surface area contributed by atoms with E-state index in [4.69, 9.17) is 4.74 Å². The Labute approximate surface area is 194 Å². The number of hydrogen-bond acceptors (Lipinski definition) is 6. The first kappa shape index (κ1) is 23.2. The molecular weight excluding hydrogens is 420 g/mol. The summed E-state index contributed by atoms with van der Waals surface area (Å²) in [6.07, 6.45) is 3.05. The number of carbonyl (C=O) groups excluding carboxylic acids is 2. The zero-order valence-electron chi connectivity index (χ0n) is 19.2. The maximum Gasteiger partial charge on any atom is 0.251 e. The molecule has 1 aliphatic heterocycles. The Kier molecular flexibility index (Phi) is 6.95. The molecule has 0 radical (unpaired) electrons. The van der Waals surface area contributed by atoms with Crippen molar-refractivity contribution >= 4 is 11.8 Å². The Balaban J connectivity index is 1.18. The second-order valence-corrected chi connectivity index (χ2v) is 9.10. The highest BCUT2D eigenvalue weighted by Crippen LogP contribution is 2.39. The fraction of sp³-hybridized carbons (Fsp3) is 0.480. The molecule has 1 saturated heterocycles. The van der Waals surface area contributed by atoms with Crippen molar-refractivity contribution in [2.45, 2.75) is 50.3 Å². The minimum Gasteiger partial charge on any atom is -0.481 e. The van der Waals surface area contributed by atoms with Gasteiger partial charge in [-0.3, -0.25) is 14.5 Å². The molecule has 0 bridgehead atoms. The molecule has 0 spiro atoms. The number of rotatable bonds is 7. The lowest BCUT2D eigenvalue weighted by atomic mass is 9.78. The van der Waals surface area contributed by atoms with Crippen molar-refractivity contribution in [3.8, 4) is 5.88 Å². The summed E-state index contributed by atoms with van der Waals surface area (Å²) >= 11 is 0. The van der Waals surface area contributed by atoms with Crippen molar-refractivity contribution in [2.24, 2.45) is 0 Å². The molecule has 176 valence electrons. The first-order chi connectivity index (χ1) is 15.9. The summed E-state index contributed by atoms with van der Waals surface area (Å²) in [5.74, 6) is 0.0894. The van der Waals surface area contributed by atoms with Crippen LogP contribution in [0.1, 0.15) is 47.3 Å². The molecule has 8 nitrogen and oxygen atoms in total. The average Bonchev–Trinajstić information content (AvgIpc) is 2.80. The summed E-state index contributed by atoms with van der Waals surface area (Å²) in [4.78, 5) is 31.2. The Hall–Kier alpha value is -2.97. The van der Waals surface area contributed by atoms with Crippen LogP contribution in [0, 0.1) is 6.92 Å². The minimum absolute atomic E-state index is 0.0345. The fourth-order valence-electron chi connectivity index (χ4n) is 4.72. The monoisotopic (exact) mass is 452 g/mol. The largest absolute Gasteiger partial charge is 0.481 e. The Morgan fingerprint density at radius 1 is 1.18 bits per heavy atom. The second kappa shape index (κ2) is 9.89. The van der Waals surface area contributed by atoms with E-state index in [9.17, 15) is 14.7 Å². The molecule has 1 saturated carbocycles. The molecule has 2 amide bonds. The smallest absolute Gasteiger partial charge is 0.251 e. The quantitative estimate of drug-likeness (QED) is 0.592. The van der Waals surface area contributed by atoms with E-state index in [0.717, 1.165) is 31.5 Å². The van der Waals surface area contributed by atoms with Crippen molar-refractivity contribution in [1.82, 2.24) is 20.5 Å². The molecule has 1 aromatic carbocycles. The maximum absolute atomic E-state index is 12.2. The molecule has 0 atom stereocenters. The Morgan fingerprint density at radius 2 is 1.91 bits per heavy atom. The molecule has 3 N–H and O–H groups in total. The summed E-state index contributed by atoms with van der Waals surface area (Å²) in [6, 6.07) is 13.3. The molecule has 1 aliphatic carbocycles. The molecule has 2 aromatic rings. The van der Waals surface area contributed by atoms with Crippen LogP contribution in [-0.4, -0.2) is 65.6 Å². The van der Waals surface area contributed by atoms with Gasteiger partial charge in [-0.2, -0.15) is 0 Å². The Morgan fingerprint density at radius 3 is 2.61 bits per heavy atom. The zero-order chi connectivity index (χ0) is 23.4. The van der Waals surface area contributed by atoms with Gasteiger partial charge in [0.25, 0.3) is 5.91 Å². The lowest BCUT2D eigenvalue weighted by molar-refractivity contribution is -0.122. The third-order valence-corrected chi connectivity index (χ3v) is 6.67. The lowest BCUT2D eigenvalue weighted by Gasteiger charge is -2.48. The third-order valence-electron chi connectivity index (χ3n) is 6.67. The van der Waals surface area contributed by atoms with Crippen LogP contribution in [0.25, 0.3) is 0 Å². The second-order valence-electron chi connectivity index (χ2n) is 9.10. The van der Waals surface area contributed by atoms with E-state index in [0.29, 0.717) is 36.0 Å². The molecule has 4 rings (SSSR count). The number of nitrogens with zero attached hydrogens (tertiary/aromatic N) is 2. The van der Waals surface area contributed by atoms with Crippen LogP contribution in [0.5, 0.6) is 5.88 Å². The van der Waals surface area contributed by atoms with Crippen LogP contribution in [-0.2, 0) is 10.4 Å². The van der Waals surface area contributed by atoms with E-state index in [1.54, 1.807) is 25.3 Å². The van der Waals surface area contributed by atoms with E-state index >= 15 is 0 Å². The van der Waals surface area contributed by atoms with Crippen molar-refractivity contribution in [3.05, 3.63) is 59.3 Å². The molecule has 2 heterocycles. The molecule has 8 heteroatoms. The van der Waals surface area contributed by atoms with Gasteiger partial charge < -0.3 is 20.5 Å². The van der Waals surface area contributed by atoms with Crippen molar-refractivity contribution < 1.29 is 19.4 Å². The van der Waals surface area contributed by atoms with Crippen LogP contribution in [0.2, 0.25) is 0 Å². The summed E-state index contributed by atoms with van der Waals surface area (Å²) < 4.78 is 5.19. The van der Waals surface area contributed by atoms with Gasteiger partial charge in [0.1, 0.15) is 5.60 Å². The van der Waals surface area contributed by atoms with Gasteiger partial charge in [0, 0.05) is 30.8 Å². The van der Waals surface area contributed by atoms with Crippen molar-refractivity contribution in [2.75, 3.05) is 26.7 Å². The number of benzene rings is 1. The number of pyridine rings is 1. The van der Waals surface area contributed by atoms with Crippen LogP contribution >= 0.6 is 0 Å². The van der Waals surface area contributed by atoms with E-state index < -0.39 is 5.60 Å². The number of aliphatic hydroxyl groups is 1. The van der Waals surface area contributed by atoms with Gasteiger partial charge in [-0.1, -0.05) is 23.8 Å². The number of hydrogen-bond donors (Lipinski definition) is 3. The summed E-state index contributed by atoms with van der Waals surface area (Å²) in [7, 11) is 1.57. The van der Waals surface area contributed by atoms with Crippen LogP contribution in [0.15, 0.2) is 42.5 Å². The normalized spacial score (nSPS) is 23.4. The highest BCUT2D eigenvalue weighted by molar-refractivity contribution is 5.96. The first-order valence-electron chi connectivity index (χ1n) is 11.5. The zero-order valence-corrected chi connectivity index (χ0v) is 19.2. The summed E-state index contributed by atoms with van der Waals surface area (Å²) in [5.41, 5.74) is 1.31. The molecular formula is C25H32N4O4. The number of methoxy groups -OCH3 is 1. The number of carbonyl (C=O) groups is 2. The highest BCUT2D eigenvalue weighted by Gasteiger charge is 2.41. The van der Waals surface area contributed by atoms with Gasteiger partial charge in [0.15, 0.2) is 0 Å². The first-order valence-corrected chi connectivity index (χ1v) is 11.5. The number of amides is 2. The number of nitrogens with one attached hydrogen (secondary N) is 2.